The van der Waals surface area contributed by atoms with Crippen LogP contribution >= 0.6 is 0 Å². The van der Waals surface area contributed by atoms with Gasteiger partial charge in [0, 0.05) is 42.0 Å². The minimum atomic E-state index is -0.453. The lowest BCUT2D eigenvalue weighted by molar-refractivity contribution is 0.0528. The second-order valence-corrected chi connectivity index (χ2v) is 8.16. The summed E-state index contributed by atoms with van der Waals surface area (Å²) in [7, 11) is 6.13. The van der Waals surface area contributed by atoms with Crippen LogP contribution in [0, 0.1) is 6.92 Å². The van der Waals surface area contributed by atoms with Crippen LogP contribution in [0.15, 0.2) is 29.1 Å². The molecule has 0 amide bonds. The van der Waals surface area contributed by atoms with E-state index in [1.807, 2.05) is 26.2 Å². The topological polar surface area (TPSA) is 67.1 Å². The van der Waals surface area contributed by atoms with Crippen LogP contribution < -0.4 is 10.5 Å². The summed E-state index contributed by atoms with van der Waals surface area (Å²) in [5, 5.41) is 7.74. The highest BCUT2D eigenvalue weighted by Crippen LogP contribution is 2.39. The van der Waals surface area contributed by atoms with Crippen molar-refractivity contribution in [3.63, 3.8) is 0 Å². The summed E-state index contributed by atoms with van der Waals surface area (Å²) in [6.07, 6.45) is 0. The highest BCUT2D eigenvalue weighted by atomic mass is 16.5. The fourth-order valence-electron chi connectivity index (χ4n) is 4.45. The third-order valence-corrected chi connectivity index (χ3v) is 5.77. The summed E-state index contributed by atoms with van der Waals surface area (Å²) in [5.41, 5.74) is 3.38. The number of esters is 1. The van der Waals surface area contributed by atoms with E-state index in [2.05, 4.69) is 41.0 Å². The number of aromatic nitrogens is 2. The number of rotatable bonds is 6. The minimum absolute atomic E-state index is 0.225. The number of carbonyl (C=O) groups excluding carboxylic acids is 1. The van der Waals surface area contributed by atoms with Crippen LogP contribution in [-0.4, -0.2) is 54.8 Å². The fraction of sp³-hybridized carbons (Fsp3) is 0.375. The van der Waals surface area contributed by atoms with Gasteiger partial charge in [-0.25, -0.2) is 4.79 Å². The first-order valence-electron chi connectivity index (χ1n) is 10.6. The Balaban J connectivity index is 2.27. The molecule has 0 spiro atoms. The predicted molar refractivity (Wildman–Crippen MR) is 125 cm³/mol. The van der Waals surface area contributed by atoms with E-state index >= 15 is 0 Å². The lowest BCUT2D eigenvalue weighted by atomic mass is 9.94. The van der Waals surface area contributed by atoms with Crippen molar-refractivity contribution in [3.05, 3.63) is 51.4 Å². The van der Waals surface area contributed by atoms with Crippen molar-refractivity contribution in [1.29, 1.82) is 0 Å². The molecule has 0 radical (unpaired) electrons. The fourth-order valence-corrected chi connectivity index (χ4v) is 4.45. The average Bonchev–Trinajstić information content (AvgIpc) is 3.08. The van der Waals surface area contributed by atoms with Crippen molar-refractivity contribution in [2.45, 2.75) is 27.3 Å². The number of pyridine rings is 1. The van der Waals surface area contributed by atoms with Gasteiger partial charge in [0.05, 0.1) is 23.2 Å². The number of hydrogen-bond acceptors (Lipinski definition) is 6. The molecule has 2 aromatic heterocycles. The van der Waals surface area contributed by atoms with Gasteiger partial charge in [0.1, 0.15) is 5.56 Å². The molecule has 7 heteroatoms. The summed E-state index contributed by atoms with van der Waals surface area (Å²) in [5.74, 6) is -0.453. The number of fused-ring (bicyclic) bond motifs is 2. The molecule has 4 aromatic rings. The van der Waals surface area contributed by atoms with Crippen molar-refractivity contribution in [3.8, 4) is 0 Å². The van der Waals surface area contributed by atoms with Gasteiger partial charge in [-0.2, -0.15) is 9.61 Å². The van der Waals surface area contributed by atoms with Gasteiger partial charge in [-0.1, -0.05) is 12.1 Å². The number of nitrogens with zero attached hydrogens (tertiary/aromatic N) is 4. The average molecular weight is 421 g/mol. The molecule has 4 rings (SSSR count). The van der Waals surface area contributed by atoms with E-state index in [0.29, 0.717) is 22.2 Å². The molecule has 0 bridgehead atoms. The molecular weight excluding hydrogens is 392 g/mol. The van der Waals surface area contributed by atoms with E-state index in [1.165, 1.54) is 4.52 Å². The zero-order chi connectivity index (χ0) is 22.4. The van der Waals surface area contributed by atoms with Crippen molar-refractivity contribution >= 4 is 38.7 Å². The first kappa shape index (κ1) is 21.1. The van der Waals surface area contributed by atoms with Gasteiger partial charge >= 0.3 is 5.97 Å². The third kappa shape index (κ3) is 3.20. The Morgan fingerprint density at radius 2 is 1.84 bits per heavy atom. The SMILES string of the molecule is CCOC(=O)c1c(C)nn2c(=O)c3cccc4c(N(C)CC)c(CN(C)C)cc(c43)c12. The van der Waals surface area contributed by atoms with Gasteiger partial charge in [-0.05, 0) is 52.6 Å². The molecule has 0 aliphatic heterocycles. The zero-order valence-corrected chi connectivity index (χ0v) is 18.9. The molecule has 162 valence electrons. The Kier molecular flexibility index (Phi) is 5.31. The molecule has 0 aliphatic carbocycles. The van der Waals surface area contributed by atoms with E-state index in [9.17, 15) is 9.59 Å². The van der Waals surface area contributed by atoms with E-state index in [1.54, 1.807) is 13.8 Å². The van der Waals surface area contributed by atoms with Gasteiger partial charge in [0.2, 0.25) is 0 Å². The lowest BCUT2D eigenvalue weighted by Gasteiger charge is -2.26. The van der Waals surface area contributed by atoms with Gasteiger partial charge < -0.3 is 14.5 Å². The second kappa shape index (κ2) is 7.81. The molecule has 0 saturated heterocycles. The molecule has 0 N–H and O–H groups in total. The third-order valence-electron chi connectivity index (χ3n) is 5.77. The second-order valence-electron chi connectivity index (χ2n) is 8.16. The number of ether oxygens (including phenoxy) is 1. The van der Waals surface area contributed by atoms with Crippen molar-refractivity contribution in [2.75, 3.05) is 39.2 Å². The molecule has 7 nitrogen and oxygen atoms in total. The number of aryl methyl sites for hydroxylation is 1. The summed E-state index contributed by atoms with van der Waals surface area (Å²) >= 11 is 0. The molecule has 0 saturated carbocycles. The maximum Gasteiger partial charge on any atom is 0.342 e. The molecule has 0 unspecified atom stereocenters. The zero-order valence-electron chi connectivity index (χ0n) is 18.9. The highest BCUT2D eigenvalue weighted by Gasteiger charge is 2.26. The van der Waals surface area contributed by atoms with Gasteiger partial charge in [0.25, 0.3) is 5.56 Å². The van der Waals surface area contributed by atoms with Crippen LogP contribution in [0.1, 0.15) is 35.5 Å². The van der Waals surface area contributed by atoms with E-state index in [0.717, 1.165) is 40.5 Å². The maximum absolute atomic E-state index is 13.4. The molecule has 0 aliphatic rings. The summed E-state index contributed by atoms with van der Waals surface area (Å²) in [6, 6.07) is 7.91. The van der Waals surface area contributed by atoms with Gasteiger partial charge in [-0.3, -0.25) is 4.79 Å². The van der Waals surface area contributed by atoms with Crippen LogP contribution in [0.25, 0.3) is 27.1 Å². The molecule has 31 heavy (non-hydrogen) atoms. The van der Waals surface area contributed by atoms with Crippen molar-refractivity contribution < 1.29 is 9.53 Å². The lowest BCUT2D eigenvalue weighted by Crippen LogP contribution is -2.22. The smallest absolute Gasteiger partial charge is 0.342 e. The van der Waals surface area contributed by atoms with E-state index < -0.39 is 5.97 Å². The van der Waals surface area contributed by atoms with Crippen LogP contribution in [0.4, 0.5) is 5.69 Å². The van der Waals surface area contributed by atoms with Gasteiger partial charge in [0.15, 0.2) is 0 Å². The largest absolute Gasteiger partial charge is 0.462 e. The van der Waals surface area contributed by atoms with E-state index in [-0.39, 0.29) is 12.2 Å². The summed E-state index contributed by atoms with van der Waals surface area (Å²) in [4.78, 5) is 30.5. The van der Waals surface area contributed by atoms with Crippen LogP contribution in [-0.2, 0) is 11.3 Å². The number of hydrogen-bond donors (Lipinski definition) is 0. The Labute approximate surface area is 181 Å². The summed E-state index contributed by atoms with van der Waals surface area (Å²) < 4.78 is 6.67. The monoisotopic (exact) mass is 420 g/mol. The van der Waals surface area contributed by atoms with Gasteiger partial charge in [-0.15, -0.1) is 0 Å². The minimum Gasteiger partial charge on any atom is -0.462 e. The maximum atomic E-state index is 13.4. The molecule has 0 fully saturated rings. The predicted octanol–water partition coefficient (Wildman–Crippen LogP) is 3.44. The molecule has 2 heterocycles. The normalized spacial score (nSPS) is 11.8. The van der Waals surface area contributed by atoms with Crippen LogP contribution in [0.3, 0.4) is 0 Å². The van der Waals surface area contributed by atoms with Crippen molar-refractivity contribution in [2.24, 2.45) is 0 Å². The Morgan fingerprint density at radius 1 is 1.13 bits per heavy atom. The first-order chi connectivity index (χ1) is 14.8. The Morgan fingerprint density at radius 3 is 2.48 bits per heavy atom. The van der Waals surface area contributed by atoms with Crippen molar-refractivity contribution in [1.82, 2.24) is 14.5 Å². The number of carbonyl (C=O) groups is 1. The summed E-state index contributed by atoms with van der Waals surface area (Å²) in [6.45, 7) is 7.44. The quantitative estimate of drug-likeness (QED) is 0.445. The molecular formula is C24H28N4O3. The first-order valence-corrected chi connectivity index (χ1v) is 10.6. The number of anilines is 1. The molecule has 2 aromatic carbocycles. The highest BCUT2D eigenvalue weighted by molar-refractivity contribution is 6.21. The standard InChI is InChI=1S/C24H28N4O3/c1-7-27(6)21-15(13-26(4)5)12-18-20-16(21)10-9-11-17(20)23(29)28-22(18)19(14(3)25-28)24(30)31-8-2/h9-12H,7-8,13H2,1-6H3. The Bertz CT molecular complexity index is 1360. The van der Waals surface area contributed by atoms with E-state index in [4.69, 9.17) is 4.74 Å². The molecule has 0 atom stereocenters. The number of benzene rings is 2. The van der Waals surface area contributed by atoms with Crippen LogP contribution in [0.2, 0.25) is 0 Å². The Hall–Kier alpha value is -3.19. The van der Waals surface area contributed by atoms with Crippen LogP contribution in [0.5, 0.6) is 0 Å².